The zero-order valence-electron chi connectivity index (χ0n) is 14.1. The minimum Gasteiger partial charge on any atom is -0.406 e. The monoisotopic (exact) mass is 372 g/mol. The molecule has 2 atom stereocenters. The molecule has 0 spiro atoms. The Bertz CT molecular complexity index is 678. The van der Waals surface area contributed by atoms with Crippen LogP contribution >= 0.6 is 0 Å². The summed E-state index contributed by atoms with van der Waals surface area (Å²) in [6, 6.07) is 4.38. The molecule has 2 unspecified atom stereocenters. The van der Waals surface area contributed by atoms with Gasteiger partial charge >= 0.3 is 6.36 Å². The highest BCUT2D eigenvalue weighted by atomic mass is 19.4. The number of amides is 2. The number of hydrogen-bond donors (Lipinski definition) is 1. The third-order valence-electron chi connectivity index (χ3n) is 3.72. The molecule has 1 aliphatic rings. The number of carbonyl (C=O) groups is 2. The maximum absolute atomic E-state index is 12.5. The van der Waals surface area contributed by atoms with Crippen LogP contribution in [0.4, 0.5) is 18.9 Å². The van der Waals surface area contributed by atoms with Crippen molar-refractivity contribution in [2.45, 2.75) is 31.9 Å². The predicted octanol–water partition coefficient (Wildman–Crippen LogP) is 2.40. The molecule has 9 heteroatoms. The van der Waals surface area contributed by atoms with Gasteiger partial charge in [0.05, 0.1) is 6.61 Å². The lowest BCUT2D eigenvalue weighted by Gasteiger charge is -2.19. The minimum atomic E-state index is -4.81. The van der Waals surface area contributed by atoms with Gasteiger partial charge in [-0.25, -0.2) is 0 Å². The molecule has 1 heterocycles. The van der Waals surface area contributed by atoms with Crippen molar-refractivity contribution in [3.05, 3.63) is 36.9 Å². The van der Waals surface area contributed by atoms with E-state index in [1.165, 1.54) is 23.1 Å². The van der Waals surface area contributed by atoms with Crippen molar-refractivity contribution in [3.8, 4) is 5.75 Å². The lowest BCUT2D eigenvalue weighted by Crippen LogP contribution is -2.45. The van der Waals surface area contributed by atoms with Crippen molar-refractivity contribution in [3.63, 3.8) is 0 Å². The summed E-state index contributed by atoms with van der Waals surface area (Å²) in [6.07, 6.45) is -3.73. The lowest BCUT2D eigenvalue weighted by molar-refractivity contribution is -0.274. The van der Waals surface area contributed by atoms with Gasteiger partial charge in [0, 0.05) is 18.3 Å². The van der Waals surface area contributed by atoms with Crippen molar-refractivity contribution in [2.75, 3.05) is 18.1 Å². The zero-order valence-corrected chi connectivity index (χ0v) is 14.1. The van der Waals surface area contributed by atoms with Gasteiger partial charge in [-0.15, -0.1) is 19.8 Å². The number of ether oxygens (including phenoxy) is 2. The van der Waals surface area contributed by atoms with Gasteiger partial charge in [0.2, 0.25) is 11.8 Å². The average molecular weight is 372 g/mol. The third-order valence-corrected chi connectivity index (χ3v) is 3.72. The van der Waals surface area contributed by atoms with Crippen molar-refractivity contribution >= 4 is 17.5 Å². The molecule has 0 bridgehead atoms. The molecule has 1 aliphatic heterocycles. The molecule has 6 nitrogen and oxygen atoms in total. The fourth-order valence-electron chi connectivity index (χ4n) is 2.50. The Hall–Kier alpha value is -2.55. The van der Waals surface area contributed by atoms with Crippen LogP contribution in [0, 0.1) is 0 Å². The first-order valence-corrected chi connectivity index (χ1v) is 7.91. The van der Waals surface area contributed by atoms with Crippen LogP contribution in [0.1, 0.15) is 13.3 Å². The van der Waals surface area contributed by atoms with Gasteiger partial charge < -0.3 is 19.7 Å². The zero-order chi connectivity index (χ0) is 19.3. The largest absolute Gasteiger partial charge is 0.573 e. The summed E-state index contributed by atoms with van der Waals surface area (Å²) < 4.78 is 46.0. The number of anilines is 1. The average Bonchev–Trinajstić information content (AvgIpc) is 2.92. The Kier molecular flexibility index (Phi) is 6.25. The highest BCUT2D eigenvalue weighted by Gasteiger charge is 2.35. The fraction of sp³-hybridized carbons (Fsp3) is 0.412. The van der Waals surface area contributed by atoms with Gasteiger partial charge in [-0.05, 0) is 25.5 Å². The van der Waals surface area contributed by atoms with Crippen LogP contribution in [0.3, 0.4) is 0 Å². The van der Waals surface area contributed by atoms with Gasteiger partial charge in [0.25, 0.3) is 0 Å². The van der Waals surface area contributed by atoms with E-state index < -0.39 is 36.1 Å². The van der Waals surface area contributed by atoms with E-state index in [0.717, 1.165) is 12.1 Å². The highest BCUT2D eigenvalue weighted by Crippen LogP contribution is 2.29. The fourth-order valence-corrected chi connectivity index (χ4v) is 2.50. The van der Waals surface area contributed by atoms with Crippen LogP contribution in [0.25, 0.3) is 0 Å². The SMILES string of the molecule is C=CCOC(C)C(=O)NC1CCN(c2cccc(OC(F)(F)F)c2)C1=O. The van der Waals surface area contributed by atoms with E-state index in [0.29, 0.717) is 6.42 Å². The second-order valence-corrected chi connectivity index (χ2v) is 5.65. The Balaban J connectivity index is 2.01. The van der Waals surface area contributed by atoms with Gasteiger partial charge in [-0.1, -0.05) is 12.1 Å². The molecule has 0 radical (unpaired) electrons. The number of rotatable bonds is 7. The second kappa shape index (κ2) is 8.22. The Morgan fingerprint density at radius 2 is 2.23 bits per heavy atom. The molecular formula is C17H19F3N2O4. The first-order chi connectivity index (χ1) is 12.2. The van der Waals surface area contributed by atoms with E-state index >= 15 is 0 Å². The molecule has 26 heavy (non-hydrogen) atoms. The van der Waals surface area contributed by atoms with E-state index in [-0.39, 0.29) is 18.8 Å². The summed E-state index contributed by atoms with van der Waals surface area (Å²) in [4.78, 5) is 25.8. The molecule has 0 aromatic heterocycles. The van der Waals surface area contributed by atoms with Gasteiger partial charge in [-0.3, -0.25) is 9.59 Å². The Morgan fingerprint density at radius 1 is 1.50 bits per heavy atom. The van der Waals surface area contributed by atoms with Gasteiger partial charge in [-0.2, -0.15) is 0 Å². The van der Waals surface area contributed by atoms with Gasteiger partial charge in [0.15, 0.2) is 0 Å². The van der Waals surface area contributed by atoms with Crippen LogP contribution in [0.2, 0.25) is 0 Å². The number of nitrogens with zero attached hydrogens (tertiary/aromatic N) is 1. The summed E-state index contributed by atoms with van der Waals surface area (Å²) in [5.74, 6) is -1.26. The molecule has 0 aliphatic carbocycles. The van der Waals surface area contributed by atoms with E-state index in [1.807, 2.05) is 0 Å². The van der Waals surface area contributed by atoms with Crippen LogP contribution < -0.4 is 15.0 Å². The topological polar surface area (TPSA) is 67.9 Å². The molecule has 1 aromatic rings. The minimum absolute atomic E-state index is 0.200. The summed E-state index contributed by atoms with van der Waals surface area (Å²) in [7, 11) is 0. The molecule has 1 fully saturated rings. The number of alkyl halides is 3. The summed E-state index contributed by atoms with van der Waals surface area (Å²) in [5.41, 5.74) is 0.268. The molecule has 0 saturated carbocycles. The normalized spacial score (nSPS) is 18.5. The quantitative estimate of drug-likeness (QED) is 0.747. The number of nitrogens with one attached hydrogen (secondary N) is 1. The maximum Gasteiger partial charge on any atom is 0.573 e. The number of halogens is 3. The maximum atomic E-state index is 12.5. The number of benzene rings is 1. The first kappa shape index (κ1) is 19.8. The van der Waals surface area contributed by atoms with Crippen LogP contribution in [0.5, 0.6) is 5.75 Å². The standard InChI is InChI=1S/C17H19F3N2O4/c1-3-9-25-11(2)15(23)21-14-7-8-22(16(14)24)12-5-4-6-13(10-12)26-17(18,19)20/h3-6,10-11,14H,1,7-9H2,2H3,(H,21,23). The van der Waals surface area contributed by atoms with E-state index in [4.69, 9.17) is 4.74 Å². The lowest BCUT2D eigenvalue weighted by atomic mass is 10.2. The first-order valence-electron chi connectivity index (χ1n) is 7.91. The summed E-state index contributed by atoms with van der Waals surface area (Å²) in [5, 5.41) is 2.59. The summed E-state index contributed by atoms with van der Waals surface area (Å²) >= 11 is 0. The van der Waals surface area contributed by atoms with Crippen LogP contribution in [-0.4, -0.2) is 43.5 Å². The number of hydrogen-bond acceptors (Lipinski definition) is 4. The van der Waals surface area contributed by atoms with Crippen LogP contribution in [0.15, 0.2) is 36.9 Å². The molecule has 2 rings (SSSR count). The van der Waals surface area contributed by atoms with Crippen LogP contribution in [-0.2, 0) is 14.3 Å². The summed E-state index contributed by atoms with van der Waals surface area (Å²) in [6.45, 7) is 5.50. The van der Waals surface area contributed by atoms with Gasteiger partial charge in [0.1, 0.15) is 17.9 Å². The van der Waals surface area contributed by atoms with E-state index in [9.17, 15) is 22.8 Å². The van der Waals surface area contributed by atoms with E-state index in [1.54, 1.807) is 6.92 Å². The molecule has 1 saturated heterocycles. The molecule has 142 valence electrons. The smallest absolute Gasteiger partial charge is 0.406 e. The predicted molar refractivity (Wildman–Crippen MR) is 87.6 cm³/mol. The highest BCUT2D eigenvalue weighted by molar-refractivity contribution is 6.01. The van der Waals surface area contributed by atoms with Crippen molar-refractivity contribution in [2.24, 2.45) is 0 Å². The molecule has 1 N–H and O–H groups in total. The molecule has 1 aromatic carbocycles. The van der Waals surface area contributed by atoms with Crippen molar-refractivity contribution in [1.29, 1.82) is 0 Å². The van der Waals surface area contributed by atoms with Crippen molar-refractivity contribution < 1.29 is 32.2 Å². The van der Waals surface area contributed by atoms with Crippen molar-refractivity contribution in [1.82, 2.24) is 5.32 Å². The number of carbonyl (C=O) groups excluding carboxylic acids is 2. The second-order valence-electron chi connectivity index (χ2n) is 5.65. The third kappa shape index (κ3) is 5.22. The molecule has 2 amide bonds. The van der Waals surface area contributed by atoms with E-state index in [2.05, 4.69) is 16.6 Å². The Labute approximate surface area is 148 Å². The Morgan fingerprint density at radius 3 is 2.88 bits per heavy atom. The molecular weight excluding hydrogens is 353 g/mol.